The van der Waals surface area contributed by atoms with Gasteiger partial charge in [-0.05, 0) is 61.5 Å². The lowest BCUT2D eigenvalue weighted by Gasteiger charge is -2.36. The zero-order valence-electron chi connectivity index (χ0n) is 19.2. The largest absolute Gasteiger partial charge is 0.497 e. The highest BCUT2D eigenvalue weighted by Crippen LogP contribution is 2.24. The van der Waals surface area contributed by atoms with Crippen molar-refractivity contribution in [1.29, 1.82) is 0 Å². The molecule has 4 rings (SSSR count). The van der Waals surface area contributed by atoms with E-state index in [2.05, 4.69) is 37.4 Å². The van der Waals surface area contributed by atoms with Crippen molar-refractivity contribution in [2.75, 3.05) is 58.4 Å². The molecule has 1 saturated heterocycles. The highest BCUT2D eigenvalue weighted by Gasteiger charge is 2.18. The van der Waals surface area contributed by atoms with Crippen molar-refractivity contribution in [3.8, 4) is 22.8 Å². The van der Waals surface area contributed by atoms with Crippen molar-refractivity contribution in [2.45, 2.75) is 6.42 Å². The first-order valence-corrected chi connectivity index (χ1v) is 11.3. The van der Waals surface area contributed by atoms with Crippen LogP contribution in [-0.2, 0) is 0 Å². The van der Waals surface area contributed by atoms with Crippen molar-refractivity contribution in [2.24, 2.45) is 0 Å². The Morgan fingerprint density at radius 3 is 2.24 bits per heavy atom. The number of amides is 1. The quantitative estimate of drug-likeness (QED) is 0.489. The molecular formula is C25H31N5O3. The third-order valence-electron chi connectivity index (χ3n) is 6.01. The minimum absolute atomic E-state index is 0.112. The van der Waals surface area contributed by atoms with Gasteiger partial charge >= 0.3 is 0 Å². The first kappa shape index (κ1) is 22.7. The Labute approximate surface area is 194 Å². The third-order valence-corrected chi connectivity index (χ3v) is 6.01. The number of nitrogens with zero attached hydrogens (tertiary/aromatic N) is 3. The van der Waals surface area contributed by atoms with E-state index in [1.165, 1.54) is 5.69 Å². The molecule has 8 heteroatoms. The molecule has 8 nitrogen and oxygen atoms in total. The highest BCUT2D eigenvalue weighted by atomic mass is 16.5. The van der Waals surface area contributed by atoms with E-state index in [0.29, 0.717) is 17.8 Å². The number of hydrogen-bond acceptors (Lipinski definition) is 6. The summed E-state index contributed by atoms with van der Waals surface area (Å²) in [4.78, 5) is 17.5. The lowest BCUT2D eigenvalue weighted by Crippen LogP contribution is -2.47. The molecule has 2 aromatic carbocycles. The molecule has 1 fully saturated rings. The molecule has 0 atom stereocenters. The summed E-state index contributed by atoms with van der Waals surface area (Å²) >= 11 is 0. The van der Waals surface area contributed by atoms with Crippen LogP contribution < -0.4 is 19.7 Å². The van der Waals surface area contributed by atoms with E-state index in [1.807, 2.05) is 36.4 Å². The minimum Gasteiger partial charge on any atom is -0.497 e. The number of rotatable bonds is 9. The second kappa shape index (κ2) is 10.9. The first-order valence-electron chi connectivity index (χ1n) is 11.3. The number of piperazine rings is 1. The fourth-order valence-electron chi connectivity index (χ4n) is 4.06. The van der Waals surface area contributed by atoms with Crippen LogP contribution >= 0.6 is 0 Å². The van der Waals surface area contributed by atoms with Gasteiger partial charge in [-0.3, -0.25) is 14.8 Å². The van der Waals surface area contributed by atoms with Crippen molar-refractivity contribution < 1.29 is 14.3 Å². The second-order valence-electron chi connectivity index (χ2n) is 8.02. The first-order chi connectivity index (χ1) is 16.2. The van der Waals surface area contributed by atoms with Crippen molar-refractivity contribution in [3.05, 3.63) is 60.3 Å². The minimum atomic E-state index is -0.112. The van der Waals surface area contributed by atoms with Crippen molar-refractivity contribution in [1.82, 2.24) is 20.4 Å². The summed E-state index contributed by atoms with van der Waals surface area (Å²) in [6.07, 6.45) is 2.48. The molecule has 0 aliphatic carbocycles. The summed E-state index contributed by atoms with van der Waals surface area (Å²) in [6.45, 7) is 5.63. The second-order valence-corrected chi connectivity index (χ2v) is 8.02. The van der Waals surface area contributed by atoms with Crippen LogP contribution in [0.5, 0.6) is 11.5 Å². The Morgan fingerprint density at radius 2 is 1.61 bits per heavy atom. The molecule has 0 radical (unpaired) electrons. The van der Waals surface area contributed by atoms with Gasteiger partial charge in [0.25, 0.3) is 5.91 Å². The Bertz CT molecular complexity index is 1020. The molecule has 0 saturated carbocycles. The smallest absolute Gasteiger partial charge is 0.255 e. The average Bonchev–Trinajstić information content (AvgIpc) is 3.37. The number of carbonyl (C=O) groups is 1. The van der Waals surface area contributed by atoms with E-state index >= 15 is 0 Å². The van der Waals surface area contributed by atoms with Crippen LogP contribution in [0.15, 0.2) is 54.7 Å². The van der Waals surface area contributed by atoms with Gasteiger partial charge in [-0.25, -0.2) is 0 Å². The highest BCUT2D eigenvalue weighted by molar-refractivity contribution is 5.99. The standard InChI is InChI=1S/C25H31N5O3/c1-32-21-8-4-19(5-9-21)24-23(18-27-28-24)25(31)26-12-3-13-29-14-16-30(17-15-29)20-6-10-22(33-2)11-7-20/h4-11,18H,3,12-17H2,1-2H3,(H,26,31)(H,27,28). The zero-order chi connectivity index (χ0) is 23.0. The molecule has 174 valence electrons. The maximum Gasteiger partial charge on any atom is 0.255 e. The lowest BCUT2D eigenvalue weighted by molar-refractivity contribution is 0.0952. The summed E-state index contributed by atoms with van der Waals surface area (Å²) in [5.74, 6) is 1.54. The van der Waals surface area contributed by atoms with Gasteiger partial charge in [0.05, 0.1) is 31.7 Å². The molecule has 1 aromatic heterocycles. The van der Waals surface area contributed by atoms with Crippen molar-refractivity contribution in [3.63, 3.8) is 0 Å². The van der Waals surface area contributed by atoms with Crippen LogP contribution in [0.25, 0.3) is 11.3 Å². The summed E-state index contributed by atoms with van der Waals surface area (Å²) in [5.41, 5.74) is 3.39. The van der Waals surface area contributed by atoms with E-state index in [-0.39, 0.29) is 5.91 Å². The third kappa shape index (κ3) is 5.64. The number of benzene rings is 2. The van der Waals surface area contributed by atoms with Gasteiger partial charge in [0, 0.05) is 44.0 Å². The molecule has 0 spiro atoms. The molecule has 3 aromatic rings. The Morgan fingerprint density at radius 1 is 0.970 bits per heavy atom. The summed E-state index contributed by atoms with van der Waals surface area (Å²) < 4.78 is 10.4. The van der Waals surface area contributed by atoms with Gasteiger partial charge < -0.3 is 19.7 Å². The van der Waals surface area contributed by atoms with Gasteiger partial charge in [-0.15, -0.1) is 0 Å². The maximum absolute atomic E-state index is 12.7. The molecule has 0 bridgehead atoms. The van der Waals surface area contributed by atoms with E-state index in [1.54, 1.807) is 20.4 Å². The topological polar surface area (TPSA) is 82.7 Å². The summed E-state index contributed by atoms with van der Waals surface area (Å²) in [6, 6.07) is 15.8. The van der Waals surface area contributed by atoms with Gasteiger partial charge in [0.15, 0.2) is 0 Å². The van der Waals surface area contributed by atoms with Crippen LogP contribution in [0.4, 0.5) is 5.69 Å². The molecule has 2 N–H and O–H groups in total. The molecule has 33 heavy (non-hydrogen) atoms. The average molecular weight is 450 g/mol. The van der Waals surface area contributed by atoms with Gasteiger partial charge in [0.2, 0.25) is 0 Å². The number of aromatic amines is 1. The number of ether oxygens (including phenoxy) is 2. The zero-order valence-corrected chi connectivity index (χ0v) is 19.2. The molecular weight excluding hydrogens is 418 g/mol. The van der Waals surface area contributed by atoms with Gasteiger partial charge in [-0.1, -0.05) is 0 Å². The summed E-state index contributed by atoms with van der Waals surface area (Å²) in [7, 11) is 3.32. The number of methoxy groups -OCH3 is 2. The van der Waals surface area contributed by atoms with Crippen LogP contribution in [-0.4, -0.2) is 74.5 Å². The van der Waals surface area contributed by atoms with E-state index < -0.39 is 0 Å². The number of hydrogen-bond donors (Lipinski definition) is 2. The molecule has 2 heterocycles. The number of carbonyl (C=O) groups excluding carboxylic acids is 1. The van der Waals surface area contributed by atoms with E-state index in [4.69, 9.17) is 9.47 Å². The van der Waals surface area contributed by atoms with Crippen molar-refractivity contribution >= 4 is 11.6 Å². The van der Waals surface area contributed by atoms with Crippen LogP contribution in [0.2, 0.25) is 0 Å². The number of H-pyrrole nitrogens is 1. The number of anilines is 1. The Kier molecular flexibility index (Phi) is 7.47. The van der Waals surface area contributed by atoms with E-state index in [9.17, 15) is 4.79 Å². The maximum atomic E-state index is 12.7. The Balaban J connectivity index is 1.20. The van der Waals surface area contributed by atoms with E-state index in [0.717, 1.165) is 56.2 Å². The molecule has 1 aliphatic rings. The lowest BCUT2D eigenvalue weighted by atomic mass is 10.1. The molecule has 1 aliphatic heterocycles. The SMILES string of the molecule is COc1ccc(-c2[nH]ncc2C(=O)NCCCN2CCN(c3ccc(OC)cc3)CC2)cc1. The van der Waals surface area contributed by atoms with Gasteiger partial charge in [-0.2, -0.15) is 5.10 Å². The van der Waals surface area contributed by atoms with Crippen LogP contribution in [0.3, 0.4) is 0 Å². The molecule has 1 amide bonds. The Hall–Kier alpha value is -3.52. The monoisotopic (exact) mass is 449 g/mol. The van der Waals surface area contributed by atoms with Crippen LogP contribution in [0.1, 0.15) is 16.8 Å². The molecule has 0 unspecified atom stereocenters. The predicted molar refractivity (Wildman–Crippen MR) is 129 cm³/mol. The predicted octanol–water partition coefficient (Wildman–Crippen LogP) is 3.04. The van der Waals surface area contributed by atoms with Crippen LogP contribution in [0, 0.1) is 0 Å². The summed E-state index contributed by atoms with van der Waals surface area (Å²) in [5, 5.41) is 10.0. The number of aromatic nitrogens is 2. The number of nitrogens with one attached hydrogen (secondary N) is 2. The fourth-order valence-corrected chi connectivity index (χ4v) is 4.06. The normalized spacial score (nSPS) is 14.2. The van der Waals surface area contributed by atoms with Gasteiger partial charge in [0.1, 0.15) is 11.5 Å². The fraction of sp³-hybridized carbons (Fsp3) is 0.360.